The molecule has 4 N–H and O–H groups in total. The van der Waals surface area contributed by atoms with Crippen molar-refractivity contribution in [3.63, 3.8) is 0 Å². The summed E-state index contributed by atoms with van der Waals surface area (Å²) in [6, 6.07) is 7.87. The summed E-state index contributed by atoms with van der Waals surface area (Å²) < 4.78 is 0. The van der Waals surface area contributed by atoms with Crippen LogP contribution in [0.5, 0.6) is 0 Å². The number of hydrogen-bond acceptors (Lipinski definition) is 3. The highest BCUT2D eigenvalue weighted by atomic mass is 35.5. The van der Waals surface area contributed by atoms with Crippen LogP contribution >= 0.6 is 12.4 Å². The summed E-state index contributed by atoms with van der Waals surface area (Å²) in [6.07, 6.45) is 1.28. The van der Waals surface area contributed by atoms with Gasteiger partial charge in [0.25, 0.3) is 0 Å². The fourth-order valence-corrected chi connectivity index (χ4v) is 2.22. The van der Waals surface area contributed by atoms with Gasteiger partial charge in [0.15, 0.2) is 0 Å². The van der Waals surface area contributed by atoms with Crippen molar-refractivity contribution in [1.29, 1.82) is 0 Å². The molecule has 1 aromatic carbocycles. The molecule has 25 heavy (non-hydrogen) atoms. The van der Waals surface area contributed by atoms with E-state index < -0.39 is 0 Å². The molecule has 142 valence electrons. The molecular weight excluding hydrogens is 338 g/mol. The first-order valence-electron chi connectivity index (χ1n) is 8.68. The molecule has 0 saturated heterocycles. The van der Waals surface area contributed by atoms with Crippen molar-refractivity contribution < 1.29 is 9.59 Å². The van der Waals surface area contributed by atoms with Gasteiger partial charge in [-0.05, 0) is 29.4 Å². The van der Waals surface area contributed by atoms with Gasteiger partial charge in [0.1, 0.15) is 0 Å². The number of hydrogen-bond donors (Lipinski definition) is 3. The predicted molar refractivity (Wildman–Crippen MR) is 105 cm³/mol. The summed E-state index contributed by atoms with van der Waals surface area (Å²) in [6.45, 7) is 8.76. The highest BCUT2D eigenvalue weighted by molar-refractivity contribution is 5.85. The van der Waals surface area contributed by atoms with Crippen molar-refractivity contribution in [2.75, 3.05) is 13.1 Å². The summed E-state index contributed by atoms with van der Waals surface area (Å²) in [5, 5.41) is 5.39. The van der Waals surface area contributed by atoms with E-state index in [0.29, 0.717) is 24.8 Å². The quantitative estimate of drug-likeness (QED) is 0.625. The van der Waals surface area contributed by atoms with Crippen molar-refractivity contribution in [3.8, 4) is 0 Å². The Labute approximate surface area is 157 Å². The molecule has 1 aromatic rings. The SMILES string of the molecule is CC(C)CCC(=O)NCC(=O)NCC(N)c1ccc(C(C)C)cc1.Cl. The van der Waals surface area contributed by atoms with Crippen molar-refractivity contribution in [2.45, 2.75) is 52.5 Å². The lowest BCUT2D eigenvalue weighted by Gasteiger charge is -2.15. The Balaban J connectivity index is 0.00000576. The van der Waals surface area contributed by atoms with E-state index in [1.165, 1.54) is 5.56 Å². The summed E-state index contributed by atoms with van der Waals surface area (Å²) in [5.41, 5.74) is 8.35. The lowest BCUT2D eigenvalue weighted by atomic mass is 9.99. The zero-order valence-electron chi connectivity index (χ0n) is 15.7. The van der Waals surface area contributed by atoms with Gasteiger partial charge in [0, 0.05) is 19.0 Å². The Hall–Kier alpha value is -1.59. The molecule has 1 rings (SSSR count). The van der Waals surface area contributed by atoms with E-state index in [2.05, 4.69) is 50.5 Å². The highest BCUT2D eigenvalue weighted by Gasteiger charge is 2.10. The zero-order chi connectivity index (χ0) is 18.1. The molecule has 0 radical (unpaired) electrons. The minimum Gasteiger partial charge on any atom is -0.353 e. The molecule has 0 saturated carbocycles. The smallest absolute Gasteiger partial charge is 0.239 e. The number of carbonyl (C=O) groups is 2. The molecule has 1 atom stereocenters. The maximum atomic E-state index is 11.8. The Kier molecular flexibility index (Phi) is 11.1. The summed E-state index contributed by atoms with van der Waals surface area (Å²) in [5.74, 6) is 0.647. The standard InChI is InChI=1S/C19H31N3O2.ClH/c1-13(2)5-10-18(23)22-12-19(24)21-11-17(20)16-8-6-15(7-9-16)14(3)4;/h6-9,13-14,17H,5,10-12,20H2,1-4H3,(H,21,24)(H,22,23);1H. The molecular formula is C19H32ClN3O2. The fourth-order valence-electron chi connectivity index (χ4n) is 2.22. The third-order valence-electron chi connectivity index (χ3n) is 3.95. The average molecular weight is 370 g/mol. The number of amides is 2. The fraction of sp³-hybridized carbons (Fsp3) is 0.579. The highest BCUT2D eigenvalue weighted by Crippen LogP contribution is 2.17. The maximum absolute atomic E-state index is 11.8. The molecule has 0 fully saturated rings. The second-order valence-corrected chi connectivity index (χ2v) is 6.94. The van der Waals surface area contributed by atoms with E-state index in [9.17, 15) is 9.59 Å². The molecule has 0 bridgehead atoms. The van der Waals surface area contributed by atoms with Crippen LogP contribution in [-0.2, 0) is 9.59 Å². The molecule has 0 spiro atoms. The number of rotatable bonds is 9. The van der Waals surface area contributed by atoms with Crippen molar-refractivity contribution in [2.24, 2.45) is 11.7 Å². The number of carbonyl (C=O) groups excluding carboxylic acids is 2. The van der Waals surface area contributed by atoms with Crippen molar-refractivity contribution >= 4 is 24.2 Å². The van der Waals surface area contributed by atoms with Gasteiger partial charge < -0.3 is 16.4 Å². The molecule has 0 aromatic heterocycles. The lowest BCUT2D eigenvalue weighted by Crippen LogP contribution is -2.39. The van der Waals surface area contributed by atoms with Gasteiger partial charge in [0.05, 0.1) is 6.54 Å². The number of nitrogens with two attached hydrogens (primary N) is 1. The zero-order valence-corrected chi connectivity index (χ0v) is 16.5. The lowest BCUT2D eigenvalue weighted by molar-refractivity contribution is -0.126. The molecule has 0 heterocycles. The first-order valence-corrected chi connectivity index (χ1v) is 8.68. The van der Waals surface area contributed by atoms with Crippen LogP contribution in [0, 0.1) is 5.92 Å². The van der Waals surface area contributed by atoms with E-state index in [4.69, 9.17) is 5.73 Å². The number of benzene rings is 1. The molecule has 2 amide bonds. The summed E-state index contributed by atoms with van der Waals surface area (Å²) in [7, 11) is 0. The van der Waals surface area contributed by atoms with E-state index in [1.54, 1.807) is 0 Å². The van der Waals surface area contributed by atoms with Gasteiger partial charge in [-0.1, -0.05) is 52.0 Å². The minimum absolute atomic E-state index is 0. The third kappa shape index (κ3) is 9.46. The second-order valence-electron chi connectivity index (χ2n) is 6.94. The molecule has 6 heteroatoms. The average Bonchev–Trinajstić information content (AvgIpc) is 2.55. The van der Waals surface area contributed by atoms with Gasteiger partial charge in [-0.15, -0.1) is 12.4 Å². The van der Waals surface area contributed by atoms with Crippen LogP contribution in [-0.4, -0.2) is 24.9 Å². The van der Waals surface area contributed by atoms with Gasteiger partial charge in [-0.25, -0.2) is 0 Å². The van der Waals surface area contributed by atoms with Crippen LogP contribution in [0.25, 0.3) is 0 Å². The van der Waals surface area contributed by atoms with Crippen LogP contribution in [0.15, 0.2) is 24.3 Å². The van der Waals surface area contributed by atoms with Gasteiger partial charge in [-0.3, -0.25) is 9.59 Å². The summed E-state index contributed by atoms with van der Waals surface area (Å²) in [4.78, 5) is 23.4. The van der Waals surface area contributed by atoms with Gasteiger partial charge >= 0.3 is 0 Å². The molecule has 1 unspecified atom stereocenters. The Morgan fingerprint density at radius 1 is 0.960 bits per heavy atom. The van der Waals surface area contributed by atoms with Crippen LogP contribution in [0.3, 0.4) is 0 Å². The van der Waals surface area contributed by atoms with Gasteiger partial charge in [0.2, 0.25) is 11.8 Å². The monoisotopic (exact) mass is 369 g/mol. The van der Waals surface area contributed by atoms with Crippen LogP contribution < -0.4 is 16.4 Å². The number of nitrogens with one attached hydrogen (secondary N) is 2. The first kappa shape index (κ1) is 23.4. The van der Waals surface area contributed by atoms with Crippen LogP contribution in [0.4, 0.5) is 0 Å². The Bertz CT molecular complexity index is 530. The topological polar surface area (TPSA) is 84.2 Å². The molecule has 5 nitrogen and oxygen atoms in total. The third-order valence-corrected chi connectivity index (χ3v) is 3.95. The van der Waals surface area contributed by atoms with E-state index in [0.717, 1.165) is 12.0 Å². The molecule has 0 aliphatic rings. The summed E-state index contributed by atoms with van der Waals surface area (Å²) >= 11 is 0. The van der Waals surface area contributed by atoms with E-state index in [1.807, 2.05) is 12.1 Å². The Morgan fingerprint density at radius 2 is 1.52 bits per heavy atom. The van der Waals surface area contributed by atoms with Crippen molar-refractivity contribution in [3.05, 3.63) is 35.4 Å². The van der Waals surface area contributed by atoms with Gasteiger partial charge in [-0.2, -0.15) is 0 Å². The first-order chi connectivity index (χ1) is 11.3. The van der Waals surface area contributed by atoms with Crippen molar-refractivity contribution in [1.82, 2.24) is 10.6 Å². The molecule has 0 aliphatic carbocycles. The normalized spacial score (nSPS) is 11.8. The maximum Gasteiger partial charge on any atom is 0.239 e. The minimum atomic E-state index is -0.258. The predicted octanol–water partition coefficient (Wildman–Crippen LogP) is 2.90. The van der Waals surface area contributed by atoms with E-state index in [-0.39, 0.29) is 36.8 Å². The van der Waals surface area contributed by atoms with Crippen LogP contribution in [0.1, 0.15) is 63.6 Å². The second kappa shape index (κ2) is 11.9. The largest absolute Gasteiger partial charge is 0.353 e. The molecule has 0 aliphatic heterocycles. The van der Waals surface area contributed by atoms with E-state index >= 15 is 0 Å². The Morgan fingerprint density at radius 3 is 2.04 bits per heavy atom. The van der Waals surface area contributed by atoms with Crippen LogP contribution in [0.2, 0.25) is 0 Å². The number of halogens is 1.